The molecule has 0 aliphatic heterocycles. The SMILES string of the molecule is Oc1ccc(C=C2C=C(Cl)CC(=Cc3ccc(O)cc3O)C2O)c(O)c1. The zero-order valence-electron chi connectivity index (χ0n) is 13.6. The van der Waals surface area contributed by atoms with Crippen LogP contribution in [-0.4, -0.2) is 31.6 Å². The highest BCUT2D eigenvalue weighted by Crippen LogP contribution is 2.35. The van der Waals surface area contributed by atoms with Gasteiger partial charge in [-0.05, 0) is 53.6 Å². The van der Waals surface area contributed by atoms with Gasteiger partial charge in [0, 0.05) is 34.7 Å². The third-order valence-electron chi connectivity index (χ3n) is 4.05. The van der Waals surface area contributed by atoms with E-state index in [9.17, 15) is 25.5 Å². The average molecular weight is 373 g/mol. The van der Waals surface area contributed by atoms with Crippen molar-refractivity contribution in [3.05, 3.63) is 69.8 Å². The fourth-order valence-corrected chi connectivity index (χ4v) is 3.03. The number of hydrogen-bond acceptors (Lipinski definition) is 5. The second kappa shape index (κ2) is 7.15. The van der Waals surface area contributed by atoms with Gasteiger partial charge in [0.05, 0.1) is 0 Å². The van der Waals surface area contributed by atoms with E-state index in [1.165, 1.54) is 36.4 Å². The number of aliphatic hydroxyl groups excluding tert-OH is 1. The van der Waals surface area contributed by atoms with Gasteiger partial charge in [-0.1, -0.05) is 11.6 Å². The molecule has 0 amide bonds. The van der Waals surface area contributed by atoms with Gasteiger partial charge < -0.3 is 25.5 Å². The van der Waals surface area contributed by atoms with Crippen LogP contribution in [-0.2, 0) is 0 Å². The summed E-state index contributed by atoms with van der Waals surface area (Å²) in [5, 5.41) is 49.8. The van der Waals surface area contributed by atoms with E-state index in [0.717, 1.165) is 0 Å². The van der Waals surface area contributed by atoms with Gasteiger partial charge in [-0.15, -0.1) is 0 Å². The number of phenolic OH excluding ortho intramolecular Hbond substituents is 4. The van der Waals surface area contributed by atoms with Crippen molar-refractivity contribution in [3.8, 4) is 23.0 Å². The van der Waals surface area contributed by atoms with Gasteiger partial charge in [-0.2, -0.15) is 0 Å². The molecule has 0 bridgehead atoms. The summed E-state index contributed by atoms with van der Waals surface area (Å²) < 4.78 is 0. The topological polar surface area (TPSA) is 101 Å². The lowest BCUT2D eigenvalue weighted by molar-refractivity contribution is 0.247. The third-order valence-corrected chi connectivity index (χ3v) is 4.30. The molecule has 5 nitrogen and oxygen atoms in total. The molecule has 0 heterocycles. The first-order valence-corrected chi connectivity index (χ1v) is 8.21. The molecule has 1 unspecified atom stereocenters. The number of rotatable bonds is 2. The Balaban J connectivity index is 2.00. The van der Waals surface area contributed by atoms with Crippen LogP contribution in [0.2, 0.25) is 0 Å². The Morgan fingerprint density at radius 1 is 0.846 bits per heavy atom. The Hall–Kier alpha value is -2.89. The quantitative estimate of drug-likeness (QED) is 0.551. The number of benzene rings is 2. The minimum Gasteiger partial charge on any atom is -0.508 e. The Bertz CT molecular complexity index is 943. The van der Waals surface area contributed by atoms with E-state index in [4.69, 9.17) is 11.6 Å². The van der Waals surface area contributed by atoms with E-state index in [0.29, 0.717) is 33.7 Å². The molecule has 6 heteroatoms. The molecular weight excluding hydrogens is 356 g/mol. The molecule has 2 aromatic carbocycles. The van der Waals surface area contributed by atoms with Crippen LogP contribution < -0.4 is 0 Å². The van der Waals surface area contributed by atoms with E-state index >= 15 is 0 Å². The molecule has 5 N–H and O–H groups in total. The summed E-state index contributed by atoms with van der Waals surface area (Å²) in [5.41, 5.74) is 1.89. The van der Waals surface area contributed by atoms with Gasteiger partial charge in [0.15, 0.2) is 0 Å². The third kappa shape index (κ3) is 3.85. The Kier molecular flexibility index (Phi) is 4.93. The molecule has 0 aromatic heterocycles. The summed E-state index contributed by atoms with van der Waals surface area (Å²) in [6.07, 6.45) is 4.12. The van der Waals surface area contributed by atoms with Crippen LogP contribution in [0.25, 0.3) is 12.2 Å². The van der Waals surface area contributed by atoms with Crippen molar-refractivity contribution in [1.29, 1.82) is 0 Å². The maximum atomic E-state index is 10.7. The molecule has 0 saturated carbocycles. The Morgan fingerprint density at radius 3 is 1.92 bits per heavy atom. The standard InChI is InChI=1S/C20H17ClO5/c21-15-7-13(5-11-1-3-16(22)9-18(11)24)20(26)14(8-15)6-12-2-4-17(23)10-19(12)25/h1-7,9-10,20,22-26H,8H2. The van der Waals surface area contributed by atoms with Crippen LogP contribution in [0.4, 0.5) is 0 Å². The normalized spacial score (nSPS) is 20.4. The molecule has 0 saturated heterocycles. The molecule has 134 valence electrons. The average Bonchev–Trinajstić information content (AvgIpc) is 2.56. The number of halogens is 1. The van der Waals surface area contributed by atoms with Crippen LogP contribution in [0.3, 0.4) is 0 Å². The molecule has 0 spiro atoms. The monoisotopic (exact) mass is 372 g/mol. The van der Waals surface area contributed by atoms with Crippen molar-refractivity contribution in [2.24, 2.45) is 0 Å². The van der Waals surface area contributed by atoms with Crippen molar-refractivity contribution >= 4 is 23.8 Å². The highest BCUT2D eigenvalue weighted by molar-refractivity contribution is 6.30. The second-order valence-corrected chi connectivity index (χ2v) is 6.51. The summed E-state index contributed by atoms with van der Waals surface area (Å²) >= 11 is 6.20. The molecule has 0 radical (unpaired) electrons. The minimum absolute atomic E-state index is 0.0600. The van der Waals surface area contributed by atoms with E-state index in [2.05, 4.69) is 0 Å². The van der Waals surface area contributed by atoms with Gasteiger partial charge >= 0.3 is 0 Å². The van der Waals surface area contributed by atoms with Crippen molar-refractivity contribution in [1.82, 2.24) is 0 Å². The van der Waals surface area contributed by atoms with Gasteiger partial charge in [-0.3, -0.25) is 0 Å². The molecule has 0 fully saturated rings. The highest BCUT2D eigenvalue weighted by atomic mass is 35.5. The van der Waals surface area contributed by atoms with E-state index in [1.54, 1.807) is 18.2 Å². The zero-order valence-corrected chi connectivity index (χ0v) is 14.4. The first-order chi connectivity index (χ1) is 12.3. The fourth-order valence-electron chi connectivity index (χ4n) is 2.75. The number of aromatic hydroxyl groups is 4. The smallest absolute Gasteiger partial charge is 0.126 e. The fraction of sp³-hybridized carbons (Fsp3) is 0.100. The van der Waals surface area contributed by atoms with Crippen LogP contribution in [0.5, 0.6) is 23.0 Å². The summed E-state index contributed by atoms with van der Waals surface area (Å²) in [7, 11) is 0. The first kappa shape index (κ1) is 17.9. The highest BCUT2D eigenvalue weighted by Gasteiger charge is 2.22. The van der Waals surface area contributed by atoms with Gasteiger partial charge in [0.2, 0.25) is 0 Å². The van der Waals surface area contributed by atoms with Crippen molar-refractivity contribution in [2.45, 2.75) is 12.5 Å². The molecule has 1 aliphatic rings. The van der Waals surface area contributed by atoms with Crippen molar-refractivity contribution in [3.63, 3.8) is 0 Å². The number of hydrogen-bond donors (Lipinski definition) is 5. The van der Waals surface area contributed by atoms with Crippen molar-refractivity contribution in [2.75, 3.05) is 0 Å². The molecule has 1 aliphatic carbocycles. The lowest BCUT2D eigenvalue weighted by Gasteiger charge is -2.22. The van der Waals surface area contributed by atoms with Gasteiger partial charge in [-0.25, -0.2) is 0 Å². The predicted molar refractivity (Wildman–Crippen MR) is 100 cm³/mol. The maximum Gasteiger partial charge on any atom is 0.126 e. The summed E-state index contributed by atoms with van der Waals surface area (Å²) in [6.45, 7) is 0. The summed E-state index contributed by atoms with van der Waals surface area (Å²) in [5.74, 6) is -0.362. The number of aliphatic hydroxyl groups is 1. The van der Waals surface area contributed by atoms with Crippen LogP contribution in [0.1, 0.15) is 17.5 Å². The predicted octanol–water partition coefficient (Wildman–Crippen LogP) is 3.86. The largest absolute Gasteiger partial charge is 0.508 e. The van der Waals surface area contributed by atoms with Crippen molar-refractivity contribution < 1.29 is 25.5 Å². The minimum atomic E-state index is -0.987. The zero-order chi connectivity index (χ0) is 18.8. The van der Waals surface area contributed by atoms with E-state index in [-0.39, 0.29) is 23.0 Å². The van der Waals surface area contributed by atoms with E-state index in [1.807, 2.05) is 0 Å². The maximum absolute atomic E-state index is 10.7. The lowest BCUT2D eigenvalue weighted by Crippen LogP contribution is -2.16. The first-order valence-electron chi connectivity index (χ1n) is 7.83. The summed E-state index contributed by atoms with van der Waals surface area (Å²) in [4.78, 5) is 0. The van der Waals surface area contributed by atoms with Gasteiger partial charge in [0.25, 0.3) is 0 Å². The number of allylic oxidation sites excluding steroid dienone is 1. The Morgan fingerprint density at radius 2 is 1.38 bits per heavy atom. The lowest BCUT2D eigenvalue weighted by atomic mass is 9.90. The van der Waals surface area contributed by atoms with Crippen LogP contribution in [0.15, 0.2) is 58.7 Å². The molecular formula is C20H17ClO5. The number of phenols is 4. The molecule has 1 atom stereocenters. The second-order valence-electron chi connectivity index (χ2n) is 6.02. The molecule has 26 heavy (non-hydrogen) atoms. The van der Waals surface area contributed by atoms with E-state index < -0.39 is 6.10 Å². The molecule has 3 rings (SSSR count). The van der Waals surface area contributed by atoms with Crippen LogP contribution in [0, 0.1) is 0 Å². The Labute approximate surface area is 155 Å². The summed E-state index contributed by atoms with van der Waals surface area (Å²) in [6, 6.07) is 8.34. The molecule has 2 aromatic rings. The van der Waals surface area contributed by atoms with Crippen LogP contribution >= 0.6 is 11.6 Å². The van der Waals surface area contributed by atoms with Gasteiger partial charge in [0.1, 0.15) is 29.1 Å².